The number of fused-ring (bicyclic) bond motifs is 3. The van der Waals surface area contributed by atoms with Crippen LogP contribution in [0.5, 0.6) is 0 Å². The molecule has 1 unspecified atom stereocenters. The average Bonchev–Trinajstić information content (AvgIpc) is 3.13. The number of benzene rings is 2. The molecule has 0 aromatic heterocycles. The van der Waals surface area contributed by atoms with E-state index in [1.165, 1.54) is 11.1 Å². The molecule has 0 spiro atoms. The van der Waals surface area contributed by atoms with E-state index >= 15 is 0 Å². The van der Waals surface area contributed by atoms with Gasteiger partial charge in [-0.1, -0.05) is 75.7 Å². The van der Waals surface area contributed by atoms with Crippen molar-refractivity contribution in [3.05, 3.63) is 59.7 Å². The third-order valence-electron chi connectivity index (χ3n) is 6.67. The van der Waals surface area contributed by atoms with E-state index in [0.29, 0.717) is 13.0 Å². The van der Waals surface area contributed by atoms with Gasteiger partial charge in [0.15, 0.2) is 0 Å². The highest BCUT2D eigenvalue weighted by Gasteiger charge is 2.29. The minimum atomic E-state index is -0.930. The molecule has 2 aromatic carbocycles. The van der Waals surface area contributed by atoms with E-state index in [1.54, 1.807) is 0 Å². The van der Waals surface area contributed by atoms with Crippen molar-refractivity contribution >= 4 is 18.0 Å². The van der Waals surface area contributed by atoms with Crippen LogP contribution in [0.25, 0.3) is 11.1 Å². The van der Waals surface area contributed by atoms with E-state index in [4.69, 9.17) is 9.84 Å². The molecule has 1 aliphatic carbocycles. The zero-order valence-electron chi connectivity index (χ0n) is 20.8. The lowest BCUT2D eigenvalue weighted by atomic mass is 9.92. The molecule has 7 heteroatoms. The fraction of sp³-hybridized carbons (Fsp3) is 0.464. The number of hydrogen-bond donors (Lipinski definition) is 3. The monoisotopic (exact) mass is 480 g/mol. The second-order valence-electron chi connectivity index (χ2n) is 9.57. The van der Waals surface area contributed by atoms with Crippen molar-refractivity contribution in [2.75, 3.05) is 13.2 Å². The number of ether oxygens (including phenoxy) is 1. The topological polar surface area (TPSA) is 105 Å². The summed E-state index contributed by atoms with van der Waals surface area (Å²) in [6.45, 7) is 6.49. The van der Waals surface area contributed by atoms with Crippen molar-refractivity contribution in [1.29, 1.82) is 0 Å². The van der Waals surface area contributed by atoms with Gasteiger partial charge in [-0.15, -0.1) is 0 Å². The molecule has 7 nitrogen and oxygen atoms in total. The number of rotatable bonds is 12. The Morgan fingerprint density at radius 3 is 2.11 bits per heavy atom. The van der Waals surface area contributed by atoms with Crippen LogP contribution in [0, 0.1) is 11.8 Å². The second-order valence-corrected chi connectivity index (χ2v) is 9.57. The lowest BCUT2D eigenvalue weighted by Crippen LogP contribution is -2.40. The van der Waals surface area contributed by atoms with E-state index < -0.39 is 12.1 Å². The maximum Gasteiger partial charge on any atom is 0.407 e. The summed E-state index contributed by atoms with van der Waals surface area (Å²) in [7, 11) is 0. The lowest BCUT2D eigenvalue weighted by Gasteiger charge is -2.23. The van der Waals surface area contributed by atoms with Crippen molar-refractivity contribution in [2.45, 2.75) is 58.4 Å². The standard InChI is InChI=1S/C28H36N2O5/c1-4-9-20(15-27(32)33)30-26(31)14-19(18(2)3)16-29-28(34)35-17-25-23-12-7-5-10-21(23)22-11-6-8-13-24(22)25/h5-8,10-13,18-20,25H,4,9,14-17H2,1-3H3,(H,29,34)(H,30,31)(H,32,33)/t19?,20-/m1/s1. The molecule has 0 bridgehead atoms. The first-order chi connectivity index (χ1) is 16.8. The van der Waals surface area contributed by atoms with Crippen LogP contribution < -0.4 is 10.6 Å². The van der Waals surface area contributed by atoms with Gasteiger partial charge in [0.2, 0.25) is 5.91 Å². The van der Waals surface area contributed by atoms with Crippen LogP contribution in [0.2, 0.25) is 0 Å². The largest absolute Gasteiger partial charge is 0.481 e. The van der Waals surface area contributed by atoms with Gasteiger partial charge < -0.3 is 20.5 Å². The number of carbonyl (C=O) groups excluding carboxylic acids is 2. The molecule has 0 fully saturated rings. The highest BCUT2D eigenvalue weighted by atomic mass is 16.5. The fourth-order valence-electron chi connectivity index (χ4n) is 4.72. The maximum atomic E-state index is 12.6. The fourth-order valence-corrected chi connectivity index (χ4v) is 4.72. The predicted octanol–water partition coefficient (Wildman–Crippen LogP) is 4.95. The van der Waals surface area contributed by atoms with Gasteiger partial charge in [-0.2, -0.15) is 0 Å². The Morgan fingerprint density at radius 2 is 1.57 bits per heavy atom. The van der Waals surface area contributed by atoms with Crippen molar-refractivity contribution in [3.8, 4) is 11.1 Å². The van der Waals surface area contributed by atoms with Crippen LogP contribution in [-0.2, 0) is 14.3 Å². The Bertz CT molecular complexity index is 990. The number of hydrogen-bond acceptors (Lipinski definition) is 4. The minimum absolute atomic E-state index is 0.00967. The third kappa shape index (κ3) is 7.07. The number of nitrogens with one attached hydrogen (secondary N) is 2. The van der Waals surface area contributed by atoms with Crippen LogP contribution in [0.1, 0.15) is 63.5 Å². The normalized spacial score (nSPS) is 14.1. The summed E-state index contributed by atoms with van der Waals surface area (Å²) in [5.74, 6) is -1.08. The van der Waals surface area contributed by atoms with Crippen molar-refractivity contribution < 1.29 is 24.2 Å². The molecule has 0 radical (unpaired) electrons. The highest BCUT2D eigenvalue weighted by Crippen LogP contribution is 2.44. The Labute approximate surface area is 207 Å². The number of alkyl carbamates (subject to hydrolysis) is 1. The van der Waals surface area contributed by atoms with Gasteiger partial charge in [0.1, 0.15) is 6.61 Å². The van der Waals surface area contributed by atoms with E-state index in [0.717, 1.165) is 17.5 Å². The van der Waals surface area contributed by atoms with Gasteiger partial charge in [-0.25, -0.2) is 4.79 Å². The second kappa shape index (κ2) is 12.4. The average molecular weight is 481 g/mol. The molecule has 2 atom stereocenters. The van der Waals surface area contributed by atoms with Crippen molar-refractivity contribution in [1.82, 2.24) is 10.6 Å². The molecule has 0 aliphatic heterocycles. The van der Waals surface area contributed by atoms with Crippen LogP contribution in [-0.4, -0.2) is 42.3 Å². The number of carbonyl (C=O) groups is 3. The number of carboxylic acid groups (broad SMARTS) is 1. The van der Waals surface area contributed by atoms with E-state index in [1.807, 2.05) is 45.0 Å². The number of aliphatic carboxylic acids is 1. The van der Waals surface area contributed by atoms with Crippen molar-refractivity contribution in [3.63, 3.8) is 0 Å². The first-order valence-corrected chi connectivity index (χ1v) is 12.4. The lowest BCUT2D eigenvalue weighted by molar-refractivity contribution is -0.137. The van der Waals surface area contributed by atoms with Crippen LogP contribution >= 0.6 is 0 Å². The van der Waals surface area contributed by atoms with Crippen LogP contribution in [0.4, 0.5) is 4.79 Å². The summed E-state index contributed by atoms with van der Waals surface area (Å²) in [5, 5.41) is 14.7. The molecular weight excluding hydrogens is 444 g/mol. The highest BCUT2D eigenvalue weighted by molar-refractivity contribution is 5.79. The quantitative estimate of drug-likeness (QED) is 0.399. The summed E-state index contributed by atoms with van der Waals surface area (Å²) in [5.41, 5.74) is 4.65. The predicted molar refractivity (Wildman–Crippen MR) is 135 cm³/mol. The molecule has 35 heavy (non-hydrogen) atoms. The zero-order valence-corrected chi connectivity index (χ0v) is 20.8. The summed E-state index contributed by atoms with van der Waals surface area (Å²) < 4.78 is 5.60. The Kier molecular flexibility index (Phi) is 9.29. The molecule has 3 N–H and O–H groups in total. The summed E-state index contributed by atoms with van der Waals surface area (Å²) in [6.07, 6.45) is 1.01. The molecule has 3 rings (SSSR count). The van der Waals surface area contributed by atoms with E-state index in [2.05, 4.69) is 34.9 Å². The van der Waals surface area contributed by atoms with Gasteiger partial charge in [0.05, 0.1) is 6.42 Å². The molecule has 2 aromatic rings. The summed E-state index contributed by atoms with van der Waals surface area (Å²) >= 11 is 0. The van der Waals surface area contributed by atoms with Gasteiger partial charge in [0.25, 0.3) is 0 Å². The molecule has 188 valence electrons. The maximum absolute atomic E-state index is 12.6. The summed E-state index contributed by atoms with van der Waals surface area (Å²) in [4.78, 5) is 36.1. The smallest absolute Gasteiger partial charge is 0.407 e. The molecule has 2 amide bonds. The minimum Gasteiger partial charge on any atom is -0.481 e. The van der Waals surface area contributed by atoms with Crippen LogP contribution in [0.3, 0.4) is 0 Å². The number of carboxylic acids is 1. The van der Waals surface area contributed by atoms with E-state index in [-0.39, 0.29) is 49.2 Å². The van der Waals surface area contributed by atoms with E-state index in [9.17, 15) is 14.4 Å². The zero-order chi connectivity index (χ0) is 25.4. The SMILES string of the molecule is CCC[C@H](CC(=O)O)NC(=O)CC(CNC(=O)OCC1c2ccccc2-c2ccccc21)C(C)C. The Morgan fingerprint density at radius 1 is 0.971 bits per heavy atom. The van der Waals surface area contributed by atoms with Crippen molar-refractivity contribution in [2.24, 2.45) is 11.8 Å². The molecule has 1 aliphatic rings. The van der Waals surface area contributed by atoms with Gasteiger partial charge >= 0.3 is 12.1 Å². The molecule has 0 saturated heterocycles. The molecular formula is C28H36N2O5. The summed E-state index contributed by atoms with van der Waals surface area (Å²) in [6, 6.07) is 16.0. The molecule has 0 saturated carbocycles. The van der Waals surface area contributed by atoms with Gasteiger partial charge in [-0.3, -0.25) is 9.59 Å². The first-order valence-electron chi connectivity index (χ1n) is 12.4. The van der Waals surface area contributed by atoms with Gasteiger partial charge in [0, 0.05) is 24.9 Å². The third-order valence-corrected chi connectivity index (χ3v) is 6.67. The first kappa shape index (κ1) is 26.3. The molecule has 0 heterocycles. The Balaban J connectivity index is 1.52. The van der Waals surface area contributed by atoms with Crippen LogP contribution in [0.15, 0.2) is 48.5 Å². The van der Waals surface area contributed by atoms with Gasteiger partial charge in [-0.05, 0) is 40.5 Å². The number of amides is 2. The Hall–Kier alpha value is -3.35.